The molecule has 0 aliphatic rings. The monoisotopic (exact) mass is 261 g/mol. The summed E-state index contributed by atoms with van der Waals surface area (Å²) in [5, 5.41) is 6.24. The summed E-state index contributed by atoms with van der Waals surface area (Å²) >= 11 is 0. The van der Waals surface area contributed by atoms with Crippen LogP contribution in [-0.2, 0) is 7.05 Å². The smallest absolute Gasteiger partial charge is 0.274 e. The number of unbranched alkanes of at least 4 members (excludes halogenated alkanes) is 2. The van der Waals surface area contributed by atoms with Crippen molar-refractivity contribution in [3.8, 4) is 0 Å². The van der Waals surface area contributed by atoms with Crippen LogP contribution in [-0.4, -0.2) is 22.2 Å². The van der Waals surface area contributed by atoms with E-state index in [1.807, 2.05) is 0 Å². The fourth-order valence-corrected chi connectivity index (χ4v) is 2.14. The van der Waals surface area contributed by atoms with Gasteiger partial charge in [-0.15, -0.1) is 0 Å². The molecular formula is C14H19N3O2. The Morgan fingerprint density at radius 3 is 2.89 bits per heavy atom. The standard InChI is InChI=1S/C14H19N3O2/c1-3-4-5-9-15-13(18)10-7-6-8-11-12(10)14(19)17(2)16-11/h6-8,16H,3-5,9H2,1-2H3,(H,15,18). The van der Waals surface area contributed by atoms with Gasteiger partial charge in [0.2, 0.25) is 0 Å². The maximum atomic E-state index is 12.1. The number of rotatable bonds is 5. The molecule has 1 aromatic carbocycles. The minimum absolute atomic E-state index is 0.172. The van der Waals surface area contributed by atoms with Crippen molar-refractivity contribution >= 4 is 16.8 Å². The summed E-state index contributed by atoms with van der Waals surface area (Å²) < 4.78 is 1.39. The molecule has 2 N–H and O–H groups in total. The molecule has 0 saturated carbocycles. The van der Waals surface area contributed by atoms with Gasteiger partial charge in [-0.05, 0) is 18.6 Å². The number of carbonyl (C=O) groups is 1. The van der Waals surface area contributed by atoms with Crippen LogP contribution in [0.15, 0.2) is 23.0 Å². The fraction of sp³-hybridized carbons (Fsp3) is 0.429. The Kier molecular flexibility index (Phi) is 4.04. The molecule has 0 fully saturated rings. The summed E-state index contributed by atoms with van der Waals surface area (Å²) in [5.74, 6) is -0.182. The van der Waals surface area contributed by atoms with Gasteiger partial charge in [0.1, 0.15) is 0 Å². The lowest BCUT2D eigenvalue weighted by molar-refractivity contribution is 0.0954. The minimum atomic E-state index is -0.182. The Morgan fingerprint density at radius 2 is 2.16 bits per heavy atom. The highest BCUT2D eigenvalue weighted by Gasteiger charge is 2.14. The number of nitrogens with one attached hydrogen (secondary N) is 2. The van der Waals surface area contributed by atoms with E-state index >= 15 is 0 Å². The van der Waals surface area contributed by atoms with Crippen LogP contribution in [0.1, 0.15) is 36.5 Å². The zero-order valence-corrected chi connectivity index (χ0v) is 11.3. The van der Waals surface area contributed by atoms with E-state index in [9.17, 15) is 9.59 Å². The molecule has 2 rings (SSSR count). The molecule has 2 aromatic rings. The normalized spacial score (nSPS) is 10.8. The number of H-pyrrole nitrogens is 1. The number of benzene rings is 1. The van der Waals surface area contributed by atoms with Gasteiger partial charge in [-0.3, -0.25) is 19.4 Å². The summed E-state index contributed by atoms with van der Waals surface area (Å²) in [6.45, 7) is 2.76. The molecule has 102 valence electrons. The van der Waals surface area contributed by atoms with Crippen molar-refractivity contribution in [2.45, 2.75) is 26.2 Å². The second kappa shape index (κ2) is 5.73. The summed E-state index contributed by atoms with van der Waals surface area (Å²) in [4.78, 5) is 24.1. The van der Waals surface area contributed by atoms with Gasteiger partial charge in [0, 0.05) is 13.6 Å². The van der Waals surface area contributed by atoms with Gasteiger partial charge in [0.25, 0.3) is 11.5 Å². The minimum Gasteiger partial charge on any atom is -0.352 e. The van der Waals surface area contributed by atoms with E-state index in [-0.39, 0.29) is 11.5 Å². The van der Waals surface area contributed by atoms with Crippen LogP contribution in [0, 0.1) is 0 Å². The van der Waals surface area contributed by atoms with Gasteiger partial charge >= 0.3 is 0 Å². The Morgan fingerprint density at radius 1 is 1.37 bits per heavy atom. The third-order valence-corrected chi connectivity index (χ3v) is 3.18. The quantitative estimate of drug-likeness (QED) is 0.806. The molecule has 0 unspecified atom stereocenters. The maximum Gasteiger partial charge on any atom is 0.274 e. The number of aromatic nitrogens is 2. The van der Waals surface area contributed by atoms with Crippen LogP contribution in [0.5, 0.6) is 0 Å². The highest BCUT2D eigenvalue weighted by molar-refractivity contribution is 6.05. The predicted octanol–water partition coefficient (Wildman–Crippen LogP) is 1.79. The van der Waals surface area contributed by atoms with Gasteiger partial charge < -0.3 is 5.32 Å². The average Bonchev–Trinajstić information content (AvgIpc) is 2.70. The lowest BCUT2D eigenvalue weighted by atomic mass is 10.1. The molecule has 0 aliphatic carbocycles. The Balaban J connectivity index is 2.25. The van der Waals surface area contributed by atoms with Gasteiger partial charge in [-0.25, -0.2) is 0 Å². The Labute approximate surface area is 111 Å². The molecule has 0 spiro atoms. The predicted molar refractivity (Wildman–Crippen MR) is 75.4 cm³/mol. The number of nitrogens with zero attached hydrogens (tertiary/aromatic N) is 1. The maximum absolute atomic E-state index is 12.1. The number of hydrogen-bond acceptors (Lipinski definition) is 2. The van der Waals surface area contributed by atoms with Crippen LogP contribution < -0.4 is 10.9 Å². The van der Waals surface area contributed by atoms with E-state index in [4.69, 9.17) is 0 Å². The van der Waals surface area contributed by atoms with Crippen LogP contribution >= 0.6 is 0 Å². The lowest BCUT2D eigenvalue weighted by Crippen LogP contribution is -2.25. The van der Waals surface area contributed by atoms with E-state index in [1.54, 1.807) is 25.2 Å². The first-order valence-corrected chi connectivity index (χ1v) is 6.61. The first-order chi connectivity index (χ1) is 9.15. The number of aryl methyl sites for hydroxylation is 1. The number of carbonyl (C=O) groups excluding carboxylic acids is 1. The van der Waals surface area contributed by atoms with Crippen LogP contribution in [0.3, 0.4) is 0 Å². The Bertz CT molecular complexity index is 640. The molecule has 1 amide bonds. The van der Waals surface area contributed by atoms with Gasteiger partial charge in [-0.2, -0.15) is 0 Å². The third kappa shape index (κ3) is 2.70. The second-order valence-electron chi connectivity index (χ2n) is 4.67. The molecule has 5 nitrogen and oxygen atoms in total. The van der Waals surface area contributed by atoms with Crippen molar-refractivity contribution in [1.29, 1.82) is 0 Å². The molecule has 1 heterocycles. The first kappa shape index (κ1) is 13.4. The second-order valence-corrected chi connectivity index (χ2v) is 4.67. The van der Waals surface area contributed by atoms with E-state index < -0.39 is 0 Å². The molecule has 0 atom stereocenters. The zero-order valence-electron chi connectivity index (χ0n) is 11.3. The molecule has 0 aliphatic heterocycles. The van der Waals surface area contributed by atoms with Crippen molar-refractivity contribution in [2.24, 2.45) is 7.05 Å². The highest BCUT2D eigenvalue weighted by atomic mass is 16.2. The number of aromatic amines is 1. The van der Waals surface area contributed by atoms with Gasteiger partial charge in [-0.1, -0.05) is 25.8 Å². The van der Waals surface area contributed by atoms with E-state index in [0.29, 0.717) is 23.0 Å². The highest BCUT2D eigenvalue weighted by Crippen LogP contribution is 2.13. The molecule has 0 bridgehead atoms. The van der Waals surface area contributed by atoms with Crippen molar-refractivity contribution in [3.05, 3.63) is 34.1 Å². The average molecular weight is 261 g/mol. The number of hydrogen-bond donors (Lipinski definition) is 2. The van der Waals surface area contributed by atoms with E-state index in [2.05, 4.69) is 17.3 Å². The lowest BCUT2D eigenvalue weighted by Gasteiger charge is -2.05. The molecule has 0 radical (unpaired) electrons. The zero-order chi connectivity index (χ0) is 13.8. The molecule has 5 heteroatoms. The molecule has 1 aromatic heterocycles. The van der Waals surface area contributed by atoms with Gasteiger partial charge in [0.05, 0.1) is 16.5 Å². The van der Waals surface area contributed by atoms with Gasteiger partial charge in [0.15, 0.2) is 0 Å². The largest absolute Gasteiger partial charge is 0.352 e. The van der Waals surface area contributed by atoms with Crippen molar-refractivity contribution in [2.75, 3.05) is 6.54 Å². The van der Waals surface area contributed by atoms with E-state index in [0.717, 1.165) is 19.3 Å². The summed E-state index contributed by atoms with van der Waals surface area (Å²) in [6, 6.07) is 5.26. The number of amides is 1. The fourth-order valence-electron chi connectivity index (χ4n) is 2.14. The summed E-state index contributed by atoms with van der Waals surface area (Å²) in [5.41, 5.74) is 0.957. The van der Waals surface area contributed by atoms with Crippen LogP contribution in [0.4, 0.5) is 0 Å². The molecule has 0 saturated heterocycles. The summed E-state index contributed by atoms with van der Waals surface area (Å²) in [6.07, 6.45) is 3.17. The van der Waals surface area contributed by atoms with Crippen LogP contribution in [0.2, 0.25) is 0 Å². The topological polar surface area (TPSA) is 66.9 Å². The van der Waals surface area contributed by atoms with Crippen molar-refractivity contribution < 1.29 is 4.79 Å². The summed E-state index contributed by atoms with van der Waals surface area (Å²) in [7, 11) is 1.64. The van der Waals surface area contributed by atoms with Crippen LogP contribution in [0.25, 0.3) is 10.9 Å². The molecular weight excluding hydrogens is 242 g/mol. The van der Waals surface area contributed by atoms with Crippen molar-refractivity contribution in [3.63, 3.8) is 0 Å². The number of fused-ring (bicyclic) bond motifs is 1. The van der Waals surface area contributed by atoms with Crippen molar-refractivity contribution in [1.82, 2.24) is 15.1 Å². The third-order valence-electron chi connectivity index (χ3n) is 3.18. The first-order valence-electron chi connectivity index (χ1n) is 6.61. The SMILES string of the molecule is CCCCCNC(=O)c1cccc2[nH]n(C)c(=O)c12. The van der Waals surface area contributed by atoms with E-state index in [1.165, 1.54) is 4.68 Å². The molecule has 19 heavy (non-hydrogen) atoms. The Hall–Kier alpha value is -2.04.